The van der Waals surface area contributed by atoms with Crippen LogP contribution in [0.5, 0.6) is 5.75 Å². The molecule has 0 aromatic heterocycles. The second-order valence-electron chi connectivity index (χ2n) is 5.58. The lowest BCUT2D eigenvalue weighted by atomic mass is 9.90. The fourth-order valence-electron chi connectivity index (χ4n) is 2.64. The number of hydrogen-bond acceptors (Lipinski definition) is 4. The molecule has 0 saturated heterocycles. The number of phenolic OH excluding ortho intramolecular Hbond substituents is 1. The highest BCUT2D eigenvalue weighted by Gasteiger charge is 2.40. The molecule has 0 saturated carbocycles. The molecular weight excluding hydrogens is 297 g/mol. The molecule has 0 unspecified atom stereocenters. The van der Waals surface area contributed by atoms with Crippen molar-refractivity contribution in [1.29, 1.82) is 0 Å². The molecule has 0 aliphatic carbocycles. The maximum absolute atomic E-state index is 13.2. The van der Waals surface area contributed by atoms with E-state index in [0.29, 0.717) is 5.69 Å². The number of phenols is 1. The number of anilines is 1. The summed E-state index contributed by atoms with van der Waals surface area (Å²) < 4.78 is 18.6. The van der Waals surface area contributed by atoms with Gasteiger partial charge in [-0.1, -0.05) is 24.3 Å². The first-order chi connectivity index (χ1) is 11.0. The minimum Gasteiger partial charge on any atom is -0.506 e. The molecule has 2 N–H and O–H groups in total. The van der Waals surface area contributed by atoms with Gasteiger partial charge in [0.2, 0.25) is 0 Å². The van der Waals surface area contributed by atoms with E-state index in [1.54, 1.807) is 49.4 Å². The predicted octanol–water partition coefficient (Wildman–Crippen LogP) is 3.56. The Balaban J connectivity index is 2.00. The van der Waals surface area contributed by atoms with Crippen LogP contribution < -0.4 is 5.32 Å². The minimum atomic E-state index is -0.947. The summed E-state index contributed by atoms with van der Waals surface area (Å²) in [4.78, 5) is 11.5. The van der Waals surface area contributed by atoms with Crippen LogP contribution in [0.3, 0.4) is 0 Å². The van der Waals surface area contributed by atoms with Crippen LogP contribution in [0.15, 0.2) is 60.7 Å². The fraction of sp³-hybridized carbons (Fsp3) is 0.167. The van der Waals surface area contributed by atoms with E-state index in [-0.39, 0.29) is 11.6 Å². The molecule has 23 heavy (non-hydrogen) atoms. The molecule has 118 valence electrons. The molecule has 1 heterocycles. The second kappa shape index (κ2) is 5.76. The maximum atomic E-state index is 13.2. The van der Waals surface area contributed by atoms with E-state index < -0.39 is 17.6 Å². The summed E-state index contributed by atoms with van der Waals surface area (Å²) >= 11 is 0. The molecule has 2 aromatic carbocycles. The second-order valence-corrected chi connectivity index (χ2v) is 5.58. The summed E-state index contributed by atoms with van der Waals surface area (Å²) in [6.45, 7) is 1.76. The molecule has 0 bridgehead atoms. The zero-order chi connectivity index (χ0) is 16.4. The van der Waals surface area contributed by atoms with Crippen LogP contribution >= 0.6 is 0 Å². The summed E-state index contributed by atoms with van der Waals surface area (Å²) in [6.07, 6.45) is 3.03. The van der Waals surface area contributed by atoms with Crippen molar-refractivity contribution in [3.05, 3.63) is 72.1 Å². The first kappa shape index (κ1) is 15.1. The van der Waals surface area contributed by atoms with Gasteiger partial charge in [-0.3, -0.25) is 0 Å². The number of ether oxygens (including phenoxy) is 1. The number of para-hydroxylation sites is 2. The van der Waals surface area contributed by atoms with Crippen LogP contribution in [0.2, 0.25) is 0 Å². The topological polar surface area (TPSA) is 58.6 Å². The lowest BCUT2D eigenvalue weighted by Gasteiger charge is -2.33. The standard InChI is InChI=1S/C18H16FNO3/c1-18(11-10-16(22)23-18)17(12-6-8-13(19)9-7-12)20-14-4-2-3-5-15(14)21/h2-11,17,20-21H,1H3/t17-,18-/m1/s1. The zero-order valence-corrected chi connectivity index (χ0v) is 12.5. The molecule has 0 radical (unpaired) electrons. The third-order valence-corrected chi connectivity index (χ3v) is 3.85. The molecule has 5 heteroatoms. The Morgan fingerprint density at radius 1 is 1.17 bits per heavy atom. The van der Waals surface area contributed by atoms with Gasteiger partial charge in [0.25, 0.3) is 0 Å². The average molecular weight is 313 g/mol. The van der Waals surface area contributed by atoms with E-state index >= 15 is 0 Å². The molecule has 0 amide bonds. The highest BCUT2D eigenvalue weighted by atomic mass is 19.1. The molecular formula is C18H16FNO3. The van der Waals surface area contributed by atoms with Gasteiger partial charge in [0.15, 0.2) is 5.60 Å². The number of nitrogens with one attached hydrogen (secondary N) is 1. The molecule has 1 aliphatic rings. The predicted molar refractivity (Wildman–Crippen MR) is 84.5 cm³/mol. The van der Waals surface area contributed by atoms with Gasteiger partial charge in [-0.05, 0) is 42.8 Å². The minimum absolute atomic E-state index is 0.0801. The van der Waals surface area contributed by atoms with Gasteiger partial charge >= 0.3 is 5.97 Å². The summed E-state index contributed by atoms with van der Waals surface area (Å²) in [5.41, 5.74) is 0.285. The number of hydrogen-bond donors (Lipinski definition) is 2. The molecule has 3 rings (SSSR count). The smallest absolute Gasteiger partial charge is 0.331 e. The van der Waals surface area contributed by atoms with Crippen molar-refractivity contribution in [2.24, 2.45) is 0 Å². The van der Waals surface area contributed by atoms with Gasteiger partial charge in [-0.25, -0.2) is 9.18 Å². The van der Waals surface area contributed by atoms with Gasteiger partial charge in [-0.15, -0.1) is 0 Å². The van der Waals surface area contributed by atoms with Crippen molar-refractivity contribution in [2.75, 3.05) is 5.32 Å². The molecule has 2 aromatic rings. The largest absolute Gasteiger partial charge is 0.506 e. The normalized spacial score (nSPS) is 21.0. The molecule has 0 fully saturated rings. The Kier molecular flexibility index (Phi) is 3.78. The lowest BCUT2D eigenvalue weighted by molar-refractivity contribution is -0.145. The van der Waals surface area contributed by atoms with E-state index in [9.17, 15) is 14.3 Å². The fourth-order valence-corrected chi connectivity index (χ4v) is 2.64. The Bertz CT molecular complexity index is 757. The van der Waals surface area contributed by atoms with Gasteiger partial charge in [0, 0.05) is 6.08 Å². The van der Waals surface area contributed by atoms with Crippen LogP contribution in [-0.2, 0) is 9.53 Å². The molecule has 1 aliphatic heterocycles. The monoisotopic (exact) mass is 313 g/mol. The Hall–Kier alpha value is -2.82. The number of benzene rings is 2. The maximum Gasteiger partial charge on any atom is 0.331 e. The van der Waals surface area contributed by atoms with Crippen LogP contribution in [-0.4, -0.2) is 16.7 Å². The average Bonchev–Trinajstić information content (AvgIpc) is 2.88. The van der Waals surface area contributed by atoms with Crippen molar-refractivity contribution in [2.45, 2.75) is 18.6 Å². The van der Waals surface area contributed by atoms with E-state index in [4.69, 9.17) is 4.74 Å². The molecule has 0 spiro atoms. The SMILES string of the molecule is C[C@]1([C@H](Nc2ccccc2O)c2ccc(F)cc2)C=CC(=O)O1. The van der Waals surface area contributed by atoms with Gasteiger partial charge in [0.1, 0.15) is 11.6 Å². The van der Waals surface area contributed by atoms with Crippen molar-refractivity contribution in [3.8, 4) is 5.75 Å². The van der Waals surface area contributed by atoms with Crippen LogP contribution in [0.4, 0.5) is 10.1 Å². The van der Waals surface area contributed by atoms with Gasteiger partial charge in [0.05, 0.1) is 11.7 Å². The number of aromatic hydroxyl groups is 1. The Morgan fingerprint density at radius 3 is 2.48 bits per heavy atom. The summed E-state index contributed by atoms with van der Waals surface area (Å²) in [6, 6.07) is 12.2. The van der Waals surface area contributed by atoms with E-state index in [1.165, 1.54) is 18.2 Å². The van der Waals surface area contributed by atoms with E-state index in [2.05, 4.69) is 5.32 Å². The van der Waals surface area contributed by atoms with Gasteiger partial charge in [-0.2, -0.15) is 0 Å². The number of halogens is 1. The van der Waals surface area contributed by atoms with Crippen molar-refractivity contribution in [3.63, 3.8) is 0 Å². The number of cyclic esters (lactones) is 1. The van der Waals surface area contributed by atoms with Gasteiger partial charge < -0.3 is 15.2 Å². The summed E-state index contributed by atoms with van der Waals surface area (Å²) in [5, 5.41) is 13.2. The highest BCUT2D eigenvalue weighted by molar-refractivity contribution is 5.85. The first-order valence-corrected chi connectivity index (χ1v) is 7.20. The van der Waals surface area contributed by atoms with E-state index in [1.807, 2.05) is 0 Å². The van der Waals surface area contributed by atoms with Crippen molar-refractivity contribution < 1.29 is 19.0 Å². The molecule has 4 nitrogen and oxygen atoms in total. The summed E-state index contributed by atoms with van der Waals surface area (Å²) in [7, 11) is 0. The van der Waals surface area contributed by atoms with Crippen LogP contribution in [0.1, 0.15) is 18.5 Å². The van der Waals surface area contributed by atoms with Crippen LogP contribution in [0.25, 0.3) is 0 Å². The van der Waals surface area contributed by atoms with Crippen molar-refractivity contribution in [1.82, 2.24) is 0 Å². The summed E-state index contributed by atoms with van der Waals surface area (Å²) in [5.74, 6) is -0.700. The zero-order valence-electron chi connectivity index (χ0n) is 12.5. The third kappa shape index (κ3) is 3.04. The number of carbonyl (C=O) groups is 1. The first-order valence-electron chi connectivity index (χ1n) is 7.20. The quantitative estimate of drug-likeness (QED) is 0.669. The third-order valence-electron chi connectivity index (χ3n) is 3.85. The molecule has 2 atom stereocenters. The van der Waals surface area contributed by atoms with E-state index in [0.717, 1.165) is 5.56 Å². The Labute approximate surface area is 133 Å². The highest BCUT2D eigenvalue weighted by Crippen LogP contribution is 2.38. The van der Waals surface area contributed by atoms with Crippen molar-refractivity contribution >= 4 is 11.7 Å². The number of esters is 1. The number of carbonyl (C=O) groups excluding carboxylic acids is 1. The lowest BCUT2D eigenvalue weighted by Crippen LogP contribution is -2.37. The van der Waals surface area contributed by atoms with Crippen LogP contribution in [0, 0.1) is 5.82 Å². The number of rotatable bonds is 4. The Morgan fingerprint density at radius 2 is 1.87 bits per heavy atom.